The lowest BCUT2D eigenvalue weighted by molar-refractivity contribution is 0.198. The number of rotatable bonds is 10. The van der Waals surface area contributed by atoms with Crippen LogP contribution in [-0.4, -0.2) is 67.6 Å². The lowest BCUT2D eigenvalue weighted by atomic mass is 10.0. The number of aliphatic imine (C=N–C) groups is 1. The summed E-state index contributed by atoms with van der Waals surface area (Å²) in [6.45, 7) is 12.9. The average Bonchev–Trinajstić information content (AvgIpc) is 2.70. The molecule has 1 fully saturated rings. The molecule has 0 atom stereocenters. The molecule has 0 unspecified atom stereocenters. The predicted molar refractivity (Wildman–Crippen MR) is 121 cm³/mol. The third-order valence-corrected chi connectivity index (χ3v) is 5.59. The van der Waals surface area contributed by atoms with Crippen LogP contribution in [0, 0.1) is 0 Å². The van der Waals surface area contributed by atoms with Crippen LogP contribution in [0.2, 0.25) is 0 Å². The largest absolute Gasteiger partial charge is 0.357 e. The van der Waals surface area contributed by atoms with Gasteiger partial charge < -0.3 is 15.5 Å². The number of nitrogens with one attached hydrogen (secondary N) is 2. The summed E-state index contributed by atoms with van der Waals surface area (Å²) in [5.41, 5.74) is 1.41. The Morgan fingerprint density at radius 2 is 1.89 bits per heavy atom. The number of nitrogens with zero attached hydrogens (tertiary/aromatic N) is 3. The molecule has 1 aromatic carbocycles. The Labute approximate surface area is 172 Å². The van der Waals surface area contributed by atoms with E-state index in [1.807, 2.05) is 0 Å². The van der Waals surface area contributed by atoms with E-state index in [2.05, 4.69) is 78.6 Å². The van der Waals surface area contributed by atoms with Crippen molar-refractivity contribution >= 4 is 5.96 Å². The van der Waals surface area contributed by atoms with E-state index in [-0.39, 0.29) is 0 Å². The SMILES string of the molecule is CCNC(=NCCCCN(C)C(C)C)NC1CCN(Cc2ccccc2)CC1. The molecule has 0 amide bonds. The van der Waals surface area contributed by atoms with E-state index in [0.717, 1.165) is 51.6 Å². The van der Waals surface area contributed by atoms with Crippen molar-refractivity contribution in [3.63, 3.8) is 0 Å². The first-order valence-corrected chi connectivity index (χ1v) is 11.1. The molecule has 5 nitrogen and oxygen atoms in total. The van der Waals surface area contributed by atoms with Crippen LogP contribution in [0.25, 0.3) is 0 Å². The summed E-state index contributed by atoms with van der Waals surface area (Å²) >= 11 is 0. The molecule has 1 aliphatic heterocycles. The minimum Gasteiger partial charge on any atom is -0.357 e. The van der Waals surface area contributed by atoms with Gasteiger partial charge in [0.1, 0.15) is 0 Å². The Hall–Kier alpha value is -1.59. The summed E-state index contributed by atoms with van der Waals surface area (Å²) < 4.78 is 0. The van der Waals surface area contributed by atoms with Crippen molar-refractivity contribution in [2.24, 2.45) is 4.99 Å². The van der Waals surface area contributed by atoms with Gasteiger partial charge in [0.25, 0.3) is 0 Å². The highest BCUT2D eigenvalue weighted by Crippen LogP contribution is 2.13. The Balaban J connectivity index is 1.69. The van der Waals surface area contributed by atoms with E-state index in [1.165, 1.54) is 24.8 Å². The van der Waals surface area contributed by atoms with Crippen molar-refractivity contribution < 1.29 is 0 Å². The summed E-state index contributed by atoms with van der Waals surface area (Å²) in [5.74, 6) is 0.987. The van der Waals surface area contributed by atoms with Crippen LogP contribution in [0.5, 0.6) is 0 Å². The molecule has 1 saturated heterocycles. The molecule has 0 radical (unpaired) electrons. The van der Waals surface area contributed by atoms with E-state index in [0.29, 0.717) is 12.1 Å². The first kappa shape index (κ1) is 22.7. The first-order chi connectivity index (χ1) is 13.6. The van der Waals surface area contributed by atoms with Gasteiger partial charge in [-0.15, -0.1) is 0 Å². The van der Waals surface area contributed by atoms with Crippen molar-refractivity contribution in [3.8, 4) is 0 Å². The smallest absolute Gasteiger partial charge is 0.191 e. The molecule has 1 aromatic rings. The Morgan fingerprint density at radius 1 is 1.18 bits per heavy atom. The summed E-state index contributed by atoms with van der Waals surface area (Å²) in [6, 6.07) is 11.9. The van der Waals surface area contributed by atoms with Gasteiger partial charge in [-0.2, -0.15) is 0 Å². The van der Waals surface area contributed by atoms with Gasteiger partial charge in [0.05, 0.1) is 0 Å². The normalized spacial score (nSPS) is 16.7. The zero-order valence-corrected chi connectivity index (χ0v) is 18.5. The minimum absolute atomic E-state index is 0.525. The quantitative estimate of drug-likeness (QED) is 0.367. The minimum atomic E-state index is 0.525. The van der Waals surface area contributed by atoms with E-state index in [9.17, 15) is 0 Å². The van der Waals surface area contributed by atoms with Crippen LogP contribution >= 0.6 is 0 Å². The molecule has 0 bridgehead atoms. The molecule has 1 aliphatic rings. The molecule has 0 saturated carbocycles. The second-order valence-electron chi connectivity index (χ2n) is 8.22. The van der Waals surface area contributed by atoms with Gasteiger partial charge >= 0.3 is 0 Å². The number of likely N-dealkylation sites (tertiary alicyclic amines) is 1. The predicted octanol–water partition coefficient (Wildman–Crippen LogP) is 3.33. The lowest BCUT2D eigenvalue weighted by Gasteiger charge is -2.33. The average molecular weight is 388 g/mol. The zero-order valence-electron chi connectivity index (χ0n) is 18.5. The molecular weight excluding hydrogens is 346 g/mol. The summed E-state index contributed by atoms with van der Waals surface area (Å²) in [6.07, 6.45) is 4.70. The number of piperidine rings is 1. The molecule has 5 heteroatoms. The molecule has 2 N–H and O–H groups in total. The fourth-order valence-electron chi connectivity index (χ4n) is 3.51. The first-order valence-electron chi connectivity index (χ1n) is 11.1. The molecule has 158 valence electrons. The standard InChI is InChI=1S/C23H41N5/c1-5-24-23(25-15-9-10-16-27(4)20(2)3)26-22-13-17-28(18-14-22)19-21-11-7-6-8-12-21/h6-8,11-12,20,22H,5,9-10,13-19H2,1-4H3,(H2,24,25,26). The summed E-state index contributed by atoms with van der Waals surface area (Å²) in [5, 5.41) is 7.07. The number of hydrogen-bond acceptors (Lipinski definition) is 3. The van der Waals surface area contributed by atoms with Crippen LogP contribution in [0.1, 0.15) is 52.0 Å². The van der Waals surface area contributed by atoms with Gasteiger partial charge in [-0.05, 0) is 65.6 Å². The van der Waals surface area contributed by atoms with Gasteiger partial charge in [0.2, 0.25) is 0 Å². The highest BCUT2D eigenvalue weighted by molar-refractivity contribution is 5.80. The van der Waals surface area contributed by atoms with Crippen molar-refractivity contribution in [2.75, 3.05) is 39.8 Å². The molecule has 2 rings (SSSR count). The monoisotopic (exact) mass is 387 g/mol. The van der Waals surface area contributed by atoms with Gasteiger partial charge in [-0.1, -0.05) is 30.3 Å². The topological polar surface area (TPSA) is 42.9 Å². The number of unbranched alkanes of at least 4 members (excludes halogenated alkanes) is 1. The maximum atomic E-state index is 4.80. The van der Waals surface area contributed by atoms with E-state index in [4.69, 9.17) is 4.99 Å². The van der Waals surface area contributed by atoms with Gasteiger partial charge in [0, 0.05) is 44.8 Å². The van der Waals surface area contributed by atoms with Gasteiger partial charge in [-0.3, -0.25) is 9.89 Å². The Kier molecular flexibility index (Phi) is 10.4. The van der Waals surface area contributed by atoms with E-state index >= 15 is 0 Å². The lowest BCUT2D eigenvalue weighted by Crippen LogP contribution is -2.48. The Bertz CT molecular complexity index is 549. The maximum absolute atomic E-state index is 4.80. The number of hydrogen-bond donors (Lipinski definition) is 2. The van der Waals surface area contributed by atoms with Gasteiger partial charge in [0.15, 0.2) is 5.96 Å². The van der Waals surface area contributed by atoms with Crippen LogP contribution in [0.15, 0.2) is 35.3 Å². The van der Waals surface area contributed by atoms with E-state index in [1.54, 1.807) is 0 Å². The fraction of sp³-hybridized carbons (Fsp3) is 0.696. The second kappa shape index (κ2) is 12.8. The molecule has 0 spiro atoms. The molecular formula is C23H41N5. The Morgan fingerprint density at radius 3 is 2.54 bits per heavy atom. The molecule has 1 heterocycles. The van der Waals surface area contributed by atoms with E-state index < -0.39 is 0 Å². The highest BCUT2D eigenvalue weighted by atomic mass is 15.2. The van der Waals surface area contributed by atoms with Crippen molar-refractivity contribution in [1.29, 1.82) is 0 Å². The number of guanidine groups is 1. The molecule has 28 heavy (non-hydrogen) atoms. The third-order valence-electron chi connectivity index (χ3n) is 5.59. The van der Waals surface area contributed by atoms with Gasteiger partial charge in [-0.25, -0.2) is 0 Å². The third kappa shape index (κ3) is 8.61. The van der Waals surface area contributed by atoms with Crippen LogP contribution < -0.4 is 10.6 Å². The van der Waals surface area contributed by atoms with Crippen LogP contribution in [0.4, 0.5) is 0 Å². The summed E-state index contributed by atoms with van der Waals surface area (Å²) in [7, 11) is 2.20. The number of benzene rings is 1. The highest BCUT2D eigenvalue weighted by Gasteiger charge is 2.19. The molecule has 0 aliphatic carbocycles. The molecule has 0 aromatic heterocycles. The van der Waals surface area contributed by atoms with Crippen molar-refractivity contribution in [1.82, 2.24) is 20.4 Å². The summed E-state index contributed by atoms with van der Waals surface area (Å²) in [4.78, 5) is 9.76. The fourth-order valence-corrected chi connectivity index (χ4v) is 3.51. The van der Waals surface area contributed by atoms with Crippen LogP contribution in [-0.2, 0) is 6.54 Å². The maximum Gasteiger partial charge on any atom is 0.191 e. The van der Waals surface area contributed by atoms with Crippen molar-refractivity contribution in [3.05, 3.63) is 35.9 Å². The second-order valence-corrected chi connectivity index (χ2v) is 8.22. The zero-order chi connectivity index (χ0) is 20.2. The van der Waals surface area contributed by atoms with Crippen LogP contribution in [0.3, 0.4) is 0 Å². The van der Waals surface area contributed by atoms with Crippen molar-refractivity contribution in [2.45, 2.75) is 65.1 Å².